The van der Waals surface area contributed by atoms with Gasteiger partial charge in [0.2, 0.25) is 0 Å². The summed E-state index contributed by atoms with van der Waals surface area (Å²) in [6, 6.07) is 17.5. The van der Waals surface area contributed by atoms with Crippen LogP contribution in [-0.4, -0.2) is 11.5 Å². The topological polar surface area (TPSA) is 36.1 Å². The molecule has 2 aromatic carbocycles. The summed E-state index contributed by atoms with van der Waals surface area (Å²) in [4.78, 5) is 17.8. The van der Waals surface area contributed by atoms with E-state index < -0.39 is 0 Å². The molecule has 1 N–H and O–H groups in total. The summed E-state index contributed by atoms with van der Waals surface area (Å²) in [5, 5.41) is 0.724. The van der Waals surface area contributed by atoms with E-state index in [0.717, 1.165) is 34.5 Å². The average Bonchev–Trinajstić information content (AvgIpc) is 2.54. The number of hydrogen-bond acceptors (Lipinski definition) is 2. The van der Waals surface area contributed by atoms with Crippen molar-refractivity contribution in [1.82, 2.24) is 4.98 Å². The van der Waals surface area contributed by atoms with Crippen molar-refractivity contribution < 1.29 is 0 Å². The highest BCUT2D eigenvalue weighted by molar-refractivity contribution is 5.83. The van der Waals surface area contributed by atoms with Gasteiger partial charge in [0.05, 0.1) is 5.52 Å². The number of benzene rings is 2. The molecule has 1 aromatic heterocycles. The Morgan fingerprint density at radius 3 is 2.76 bits per heavy atom. The van der Waals surface area contributed by atoms with Crippen LogP contribution in [0.15, 0.2) is 65.5 Å². The van der Waals surface area contributed by atoms with E-state index in [-0.39, 0.29) is 5.43 Å². The molecule has 3 nitrogen and oxygen atoms in total. The van der Waals surface area contributed by atoms with E-state index in [2.05, 4.69) is 34.2 Å². The number of anilines is 2. The molecule has 0 amide bonds. The third-order valence-corrected chi connectivity index (χ3v) is 3.83. The van der Waals surface area contributed by atoms with Crippen LogP contribution >= 0.6 is 0 Å². The minimum atomic E-state index is 0.0476. The number of H-pyrrole nitrogens is 1. The first-order chi connectivity index (χ1) is 10.3. The Hall–Kier alpha value is -2.81. The fourth-order valence-electron chi connectivity index (χ4n) is 2.81. The van der Waals surface area contributed by atoms with Gasteiger partial charge in [-0.05, 0) is 23.8 Å². The van der Waals surface area contributed by atoms with E-state index in [0.29, 0.717) is 0 Å². The van der Waals surface area contributed by atoms with Crippen LogP contribution in [0.4, 0.5) is 11.5 Å². The quantitative estimate of drug-likeness (QED) is 0.734. The molecular formula is C18H14N2O. The van der Waals surface area contributed by atoms with Crippen LogP contribution in [0.1, 0.15) is 5.56 Å². The fourth-order valence-corrected chi connectivity index (χ4v) is 2.81. The van der Waals surface area contributed by atoms with Crippen LogP contribution in [0.25, 0.3) is 17.0 Å². The molecule has 0 bridgehead atoms. The van der Waals surface area contributed by atoms with Crippen LogP contribution < -0.4 is 10.3 Å². The zero-order chi connectivity index (χ0) is 14.2. The Kier molecular flexibility index (Phi) is 2.64. The number of fused-ring (bicyclic) bond motifs is 2. The molecule has 0 fully saturated rings. The molecule has 4 rings (SSSR count). The Labute approximate surface area is 122 Å². The second kappa shape index (κ2) is 4.63. The number of aromatic amines is 1. The van der Waals surface area contributed by atoms with E-state index >= 15 is 0 Å². The molecule has 0 unspecified atom stereocenters. The Balaban J connectivity index is 1.92. The highest BCUT2D eigenvalue weighted by atomic mass is 16.1. The lowest BCUT2D eigenvalue weighted by Crippen LogP contribution is -2.22. The first-order valence-electron chi connectivity index (χ1n) is 6.98. The number of rotatable bonds is 1. The van der Waals surface area contributed by atoms with Crippen LogP contribution in [0.2, 0.25) is 0 Å². The summed E-state index contributed by atoms with van der Waals surface area (Å²) in [6.45, 7) is 0.755. The van der Waals surface area contributed by atoms with E-state index in [1.54, 1.807) is 6.07 Å². The van der Waals surface area contributed by atoms with Gasteiger partial charge in [-0.2, -0.15) is 0 Å². The van der Waals surface area contributed by atoms with Gasteiger partial charge in [-0.1, -0.05) is 42.5 Å². The second-order valence-corrected chi connectivity index (χ2v) is 5.14. The monoisotopic (exact) mass is 274 g/mol. The van der Waals surface area contributed by atoms with Crippen LogP contribution in [-0.2, 0) is 0 Å². The molecule has 0 spiro atoms. The molecule has 21 heavy (non-hydrogen) atoms. The third kappa shape index (κ3) is 1.94. The molecule has 1 aliphatic heterocycles. The van der Waals surface area contributed by atoms with Gasteiger partial charge < -0.3 is 9.88 Å². The predicted octanol–water partition coefficient (Wildman–Crippen LogP) is 3.69. The van der Waals surface area contributed by atoms with Crippen molar-refractivity contribution in [2.24, 2.45) is 0 Å². The van der Waals surface area contributed by atoms with Crippen LogP contribution in [0, 0.1) is 0 Å². The van der Waals surface area contributed by atoms with Gasteiger partial charge in [0.15, 0.2) is 5.43 Å². The van der Waals surface area contributed by atoms with E-state index in [1.807, 2.05) is 36.4 Å². The minimum absolute atomic E-state index is 0.0476. The molecule has 0 saturated carbocycles. The van der Waals surface area contributed by atoms with Gasteiger partial charge in [0.25, 0.3) is 0 Å². The molecule has 102 valence electrons. The summed E-state index contributed by atoms with van der Waals surface area (Å²) >= 11 is 0. The SMILES string of the molecule is O=c1cc(N2CC=Cc3ccccc32)[nH]c2ccccc12. The van der Waals surface area contributed by atoms with Crippen molar-refractivity contribution in [1.29, 1.82) is 0 Å². The van der Waals surface area contributed by atoms with Crippen molar-refractivity contribution in [3.8, 4) is 0 Å². The van der Waals surface area contributed by atoms with Gasteiger partial charge in [0, 0.05) is 23.7 Å². The lowest BCUT2D eigenvalue weighted by atomic mass is 10.1. The molecule has 0 aliphatic carbocycles. The van der Waals surface area contributed by atoms with Gasteiger partial charge in [-0.15, -0.1) is 0 Å². The highest BCUT2D eigenvalue weighted by Crippen LogP contribution is 2.31. The van der Waals surface area contributed by atoms with Crippen molar-refractivity contribution >= 4 is 28.5 Å². The predicted molar refractivity (Wildman–Crippen MR) is 87.1 cm³/mol. The molecule has 0 radical (unpaired) electrons. The first-order valence-corrected chi connectivity index (χ1v) is 6.98. The summed E-state index contributed by atoms with van der Waals surface area (Å²) in [7, 11) is 0. The molecule has 0 saturated heterocycles. The van der Waals surface area contributed by atoms with Crippen molar-refractivity contribution in [2.45, 2.75) is 0 Å². The van der Waals surface area contributed by atoms with E-state index in [4.69, 9.17) is 0 Å². The lowest BCUT2D eigenvalue weighted by molar-refractivity contribution is 1.04. The fraction of sp³-hybridized carbons (Fsp3) is 0.0556. The second-order valence-electron chi connectivity index (χ2n) is 5.14. The Morgan fingerprint density at radius 1 is 1.00 bits per heavy atom. The maximum absolute atomic E-state index is 12.3. The van der Waals surface area contributed by atoms with Crippen molar-refractivity contribution in [3.63, 3.8) is 0 Å². The standard InChI is InChI=1S/C18H14N2O/c21-17-12-18(19-15-9-3-2-8-14(15)17)20-11-5-7-13-6-1-4-10-16(13)20/h1-10,12H,11H2,(H,19,21). The number of nitrogens with zero attached hydrogens (tertiary/aromatic N) is 1. The van der Waals surface area contributed by atoms with Crippen molar-refractivity contribution in [3.05, 3.63) is 76.5 Å². The van der Waals surface area contributed by atoms with Crippen LogP contribution in [0.3, 0.4) is 0 Å². The number of pyridine rings is 1. The van der Waals surface area contributed by atoms with Gasteiger partial charge >= 0.3 is 0 Å². The molecule has 2 heterocycles. The minimum Gasteiger partial charge on any atom is -0.341 e. The highest BCUT2D eigenvalue weighted by Gasteiger charge is 2.15. The molecule has 3 heteroatoms. The zero-order valence-corrected chi connectivity index (χ0v) is 11.4. The first kappa shape index (κ1) is 12.0. The summed E-state index contributed by atoms with van der Waals surface area (Å²) in [5.41, 5.74) is 3.20. The molecule has 3 aromatic rings. The van der Waals surface area contributed by atoms with Crippen LogP contribution in [0.5, 0.6) is 0 Å². The smallest absolute Gasteiger partial charge is 0.191 e. The molecule has 1 aliphatic rings. The number of nitrogens with one attached hydrogen (secondary N) is 1. The van der Waals surface area contributed by atoms with Crippen molar-refractivity contribution in [2.75, 3.05) is 11.4 Å². The van der Waals surface area contributed by atoms with E-state index in [9.17, 15) is 4.79 Å². The molecular weight excluding hydrogens is 260 g/mol. The number of hydrogen-bond donors (Lipinski definition) is 1. The van der Waals surface area contributed by atoms with Gasteiger partial charge in [-0.3, -0.25) is 4.79 Å². The average molecular weight is 274 g/mol. The summed E-state index contributed by atoms with van der Waals surface area (Å²) < 4.78 is 0. The number of aromatic nitrogens is 1. The lowest BCUT2D eigenvalue weighted by Gasteiger charge is -2.27. The third-order valence-electron chi connectivity index (χ3n) is 3.83. The Morgan fingerprint density at radius 2 is 1.81 bits per heavy atom. The summed E-state index contributed by atoms with van der Waals surface area (Å²) in [5.74, 6) is 0.829. The summed E-state index contributed by atoms with van der Waals surface area (Å²) in [6.07, 6.45) is 4.22. The van der Waals surface area contributed by atoms with E-state index in [1.165, 1.54) is 0 Å². The Bertz CT molecular complexity index is 908. The zero-order valence-electron chi connectivity index (χ0n) is 11.4. The number of para-hydroxylation sites is 2. The van der Waals surface area contributed by atoms with Gasteiger partial charge in [-0.25, -0.2) is 0 Å². The maximum atomic E-state index is 12.3. The maximum Gasteiger partial charge on any atom is 0.191 e. The molecule has 0 atom stereocenters. The normalized spacial score (nSPS) is 13.4. The largest absolute Gasteiger partial charge is 0.341 e. The van der Waals surface area contributed by atoms with Gasteiger partial charge in [0.1, 0.15) is 5.82 Å².